The second kappa shape index (κ2) is 7.03. The van der Waals surface area contributed by atoms with Gasteiger partial charge >= 0.3 is 0 Å². The van der Waals surface area contributed by atoms with Gasteiger partial charge in [-0.25, -0.2) is 9.97 Å². The fraction of sp³-hybridized carbons (Fsp3) is 0.706. The molecule has 3 saturated heterocycles. The van der Waals surface area contributed by atoms with Crippen LogP contribution in [0.25, 0.3) is 0 Å². The first-order valence-electron chi connectivity index (χ1n) is 8.80. The Kier molecular flexibility index (Phi) is 4.62. The highest BCUT2D eigenvalue weighted by Gasteiger charge is 2.46. The molecule has 0 saturated carbocycles. The number of carbonyl (C=O) groups is 1. The molecule has 7 nitrogen and oxygen atoms in total. The van der Waals surface area contributed by atoms with E-state index in [1.807, 2.05) is 4.90 Å². The van der Waals surface area contributed by atoms with Crippen molar-refractivity contribution in [1.82, 2.24) is 14.9 Å². The van der Waals surface area contributed by atoms with Crippen LogP contribution in [0.5, 0.6) is 0 Å². The van der Waals surface area contributed by atoms with E-state index < -0.39 is 0 Å². The predicted molar refractivity (Wildman–Crippen MR) is 87.4 cm³/mol. The normalized spacial score (nSPS) is 30.3. The molecule has 3 aliphatic heterocycles. The average Bonchev–Trinajstić information content (AvgIpc) is 3.22. The monoisotopic (exact) mass is 332 g/mol. The highest BCUT2D eigenvalue weighted by atomic mass is 16.5. The molecule has 1 amide bonds. The number of hydrogen-bond donors (Lipinski definition) is 1. The van der Waals surface area contributed by atoms with Gasteiger partial charge in [-0.1, -0.05) is 0 Å². The predicted octanol–water partition coefficient (Wildman–Crippen LogP) is 0.788. The molecule has 1 N–H and O–H groups in total. The third-order valence-corrected chi connectivity index (χ3v) is 5.41. The molecular weight excluding hydrogens is 308 g/mol. The van der Waals surface area contributed by atoms with Crippen molar-refractivity contribution in [3.63, 3.8) is 0 Å². The van der Waals surface area contributed by atoms with Gasteiger partial charge in [0.25, 0.3) is 0 Å². The van der Waals surface area contributed by atoms with Gasteiger partial charge in [0.15, 0.2) is 0 Å². The molecule has 0 aromatic carbocycles. The van der Waals surface area contributed by atoms with E-state index in [-0.39, 0.29) is 17.9 Å². The quantitative estimate of drug-likeness (QED) is 0.878. The zero-order chi connectivity index (χ0) is 16.4. The van der Waals surface area contributed by atoms with Crippen molar-refractivity contribution in [2.24, 2.45) is 17.8 Å². The minimum Gasteiger partial charge on any atom is -0.381 e. The zero-order valence-electron chi connectivity index (χ0n) is 13.8. The smallest absolute Gasteiger partial charge is 0.225 e. The van der Waals surface area contributed by atoms with E-state index in [4.69, 9.17) is 9.47 Å². The third-order valence-electron chi connectivity index (χ3n) is 5.41. The number of ether oxygens (including phenoxy) is 2. The van der Waals surface area contributed by atoms with E-state index in [1.165, 1.54) is 0 Å². The molecule has 0 unspecified atom stereocenters. The Morgan fingerprint density at radius 3 is 2.83 bits per heavy atom. The highest BCUT2D eigenvalue weighted by Crippen LogP contribution is 2.35. The summed E-state index contributed by atoms with van der Waals surface area (Å²) in [5.74, 6) is 1.87. The fourth-order valence-electron chi connectivity index (χ4n) is 4.00. The van der Waals surface area contributed by atoms with Crippen molar-refractivity contribution in [1.29, 1.82) is 0 Å². The van der Waals surface area contributed by atoms with Crippen LogP contribution in [0, 0.1) is 17.8 Å². The summed E-state index contributed by atoms with van der Waals surface area (Å²) in [7, 11) is 0. The molecule has 1 aromatic rings. The summed E-state index contributed by atoms with van der Waals surface area (Å²) in [5.41, 5.74) is 0. The summed E-state index contributed by atoms with van der Waals surface area (Å²) in [6, 6.07) is 1.80. The highest BCUT2D eigenvalue weighted by molar-refractivity contribution is 5.79. The topological polar surface area (TPSA) is 76.6 Å². The summed E-state index contributed by atoms with van der Waals surface area (Å²) < 4.78 is 11.3. The molecular formula is C17H24N4O3. The first-order valence-corrected chi connectivity index (χ1v) is 8.80. The average molecular weight is 332 g/mol. The number of likely N-dealkylation sites (tertiary alicyclic amines) is 1. The van der Waals surface area contributed by atoms with Gasteiger partial charge in [0, 0.05) is 63.0 Å². The van der Waals surface area contributed by atoms with Gasteiger partial charge in [-0.05, 0) is 18.9 Å². The summed E-state index contributed by atoms with van der Waals surface area (Å²) in [5, 5.41) is 3.28. The molecule has 4 rings (SSSR count). The number of amides is 1. The van der Waals surface area contributed by atoms with E-state index in [9.17, 15) is 4.79 Å². The number of nitrogens with zero attached hydrogens (tertiary/aromatic N) is 3. The number of hydrogen-bond acceptors (Lipinski definition) is 6. The first-order chi connectivity index (χ1) is 11.8. The standard InChI is InChI=1S/C17H24N4O3/c22-16(12-2-6-23-7-3-12)21-9-14-13(11-24-15(14)10-21)8-20-17-18-4-1-5-19-17/h1,4-5,12-15H,2-3,6-11H2,(H,18,19,20)/t13-,14+,15+/m0/s1. The van der Waals surface area contributed by atoms with E-state index in [0.717, 1.165) is 39.1 Å². The molecule has 3 aliphatic rings. The van der Waals surface area contributed by atoms with Gasteiger partial charge in [-0.15, -0.1) is 0 Å². The second-order valence-electron chi connectivity index (χ2n) is 6.88. The number of carbonyl (C=O) groups excluding carboxylic acids is 1. The summed E-state index contributed by atoms with van der Waals surface area (Å²) in [6.07, 6.45) is 5.33. The van der Waals surface area contributed by atoms with Crippen LogP contribution in [0.2, 0.25) is 0 Å². The van der Waals surface area contributed by atoms with Crippen LogP contribution >= 0.6 is 0 Å². The van der Waals surface area contributed by atoms with Crippen molar-refractivity contribution in [3.8, 4) is 0 Å². The molecule has 3 atom stereocenters. The Morgan fingerprint density at radius 2 is 2.04 bits per heavy atom. The van der Waals surface area contributed by atoms with Crippen molar-refractivity contribution >= 4 is 11.9 Å². The number of aromatic nitrogens is 2. The molecule has 4 heterocycles. The molecule has 0 aliphatic carbocycles. The summed E-state index contributed by atoms with van der Waals surface area (Å²) in [6.45, 7) is 4.48. The third kappa shape index (κ3) is 3.23. The number of fused-ring (bicyclic) bond motifs is 1. The summed E-state index contributed by atoms with van der Waals surface area (Å²) >= 11 is 0. The lowest BCUT2D eigenvalue weighted by Gasteiger charge is -2.27. The minimum absolute atomic E-state index is 0.131. The number of rotatable bonds is 4. The van der Waals surface area contributed by atoms with Gasteiger partial charge in [0.1, 0.15) is 0 Å². The number of nitrogens with one attached hydrogen (secondary N) is 1. The molecule has 130 valence electrons. The van der Waals surface area contributed by atoms with Crippen molar-refractivity contribution in [2.45, 2.75) is 18.9 Å². The van der Waals surface area contributed by atoms with Crippen LogP contribution in [0.4, 0.5) is 5.95 Å². The van der Waals surface area contributed by atoms with Crippen molar-refractivity contribution in [2.75, 3.05) is 44.8 Å². The van der Waals surface area contributed by atoms with Crippen LogP contribution in [0.3, 0.4) is 0 Å². The Labute approximate surface area is 141 Å². The van der Waals surface area contributed by atoms with Gasteiger partial charge in [0.2, 0.25) is 11.9 Å². The van der Waals surface area contributed by atoms with Crippen LogP contribution in [0.1, 0.15) is 12.8 Å². The Bertz CT molecular complexity index is 564. The minimum atomic E-state index is 0.131. The lowest BCUT2D eigenvalue weighted by atomic mass is 9.93. The Morgan fingerprint density at radius 1 is 1.25 bits per heavy atom. The Balaban J connectivity index is 1.32. The number of anilines is 1. The lowest BCUT2D eigenvalue weighted by molar-refractivity contribution is -0.138. The van der Waals surface area contributed by atoms with E-state index in [2.05, 4.69) is 15.3 Å². The maximum absolute atomic E-state index is 12.7. The van der Waals surface area contributed by atoms with Crippen LogP contribution < -0.4 is 5.32 Å². The van der Waals surface area contributed by atoms with Gasteiger partial charge in [0.05, 0.1) is 12.7 Å². The Hall–Kier alpha value is -1.73. The van der Waals surface area contributed by atoms with Crippen LogP contribution in [0.15, 0.2) is 18.5 Å². The lowest BCUT2D eigenvalue weighted by Crippen LogP contribution is -2.38. The van der Waals surface area contributed by atoms with Gasteiger partial charge in [-0.3, -0.25) is 4.79 Å². The fourth-order valence-corrected chi connectivity index (χ4v) is 4.00. The van der Waals surface area contributed by atoms with Crippen LogP contribution in [-0.2, 0) is 14.3 Å². The summed E-state index contributed by atoms with van der Waals surface area (Å²) in [4.78, 5) is 23.1. The van der Waals surface area contributed by atoms with Crippen molar-refractivity contribution < 1.29 is 14.3 Å². The van der Waals surface area contributed by atoms with Crippen LogP contribution in [-0.4, -0.2) is 66.3 Å². The molecule has 3 fully saturated rings. The van der Waals surface area contributed by atoms with E-state index in [1.54, 1.807) is 18.5 Å². The zero-order valence-corrected chi connectivity index (χ0v) is 13.8. The second-order valence-corrected chi connectivity index (χ2v) is 6.88. The molecule has 1 aromatic heterocycles. The van der Waals surface area contributed by atoms with E-state index in [0.29, 0.717) is 31.0 Å². The molecule has 7 heteroatoms. The largest absolute Gasteiger partial charge is 0.381 e. The van der Waals surface area contributed by atoms with Crippen molar-refractivity contribution in [3.05, 3.63) is 18.5 Å². The molecule has 0 spiro atoms. The SMILES string of the molecule is O=C(C1CCOCC1)N1C[C@@H]2[C@@H](CNc3ncccn3)CO[C@@H]2C1. The van der Waals surface area contributed by atoms with Gasteiger partial charge < -0.3 is 19.7 Å². The maximum atomic E-state index is 12.7. The first kappa shape index (κ1) is 15.8. The molecule has 0 radical (unpaired) electrons. The van der Waals surface area contributed by atoms with Gasteiger partial charge in [-0.2, -0.15) is 0 Å². The molecule has 24 heavy (non-hydrogen) atoms. The molecule has 0 bridgehead atoms. The maximum Gasteiger partial charge on any atom is 0.225 e. The van der Waals surface area contributed by atoms with E-state index >= 15 is 0 Å².